The standard InChI is InChI=1S/C14H12BrN5OS/c1-9-6-11(15)2-3-12(9)16-13(21)7-20-18-14(17-19-20)10-4-5-22-8-10/h2-6,8H,7H2,1H3,(H,16,21). The predicted molar refractivity (Wildman–Crippen MR) is 88.6 cm³/mol. The van der Waals surface area contributed by atoms with Gasteiger partial charge in [-0.3, -0.25) is 4.79 Å². The fourth-order valence-electron chi connectivity index (χ4n) is 1.90. The number of benzene rings is 1. The molecule has 0 aliphatic heterocycles. The van der Waals surface area contributed by atoms with Crippen molar-refractivity contribution in [1.29, 1.82) is 0 Å². The van der Waals surface area contributed by atoms with Crippen molar-refractivity contribution in [3.63, 3.8) is 0 Å². The van der Waals surface area contributed by atoms with Crippen LogP contribution in [0.1, 0.15) is 5.56 Å². The van der Waals surface area contributed by atoms with E-state index in [4.69, 9.17) is 0 Å². The van der Waals surface area contributed by atoms with E-state index in [1.165, 1.54) is 4.80 Å². The van der Waals surface area contributed by atoms with E-state index < -0.39 is 0 Å². The number of nitrogens with one attached hydrogen (secondary N) is 1. The van der Waals surface area contributed by atoms with Gasteiger partial charge in [-0.2, -0.15) is 16.1 Å². The molecule has 0 aliphatic rings. The van der Waals surface area contributed by atoms with E-state index in [-0.39, 0.29) is 12.5 Å². The molecule has 0 unspecified atom stereocenters. The zero-order valence-electron chi connectivity index (χ0n) is 11.7. The molecule has 0 spiro atoms. The van der Waals surface area contributed by atoms with Gasteiger partial charge >= 0.3 is 0 Å². The number of hydrogen-bond donors (Lipinski definition) is 1. The molecule has 1 aromatic carbocycles. The normalized spacial score (nSPS) is 10.6. The van der Waals surface area contributed by atoms with E-state index in [9.17, 15) is 4.79 Å². The number of thiophene rings is 1. The van der Waals surface area contributed by atoms with Gasteiger partial charge in [-0.15, -0.1) is 10.2 Å². The summed E-state index contributed by atoms with van der Waals surface area (Å²) in [5, 5.41) is 18.8. The van der Waals surface area contributed by atoms with Crippen LogP contribution in [0, 0.1) is 6.92 Å². The maximum absolute atomic E-state index is 12.1. The van der Waals surface area contributed by atoms with Crippen molar-refractivity contribution in [2.75, 3.05) is 5.32 Å². The van der Waals surface area contributed by atoms with E-state index in [2.05, 4.69) is 36.7 Å². The van der Waals surface area contributed by atoms with Crippen molar-refractivity contribution in [3.05, 3.63) is 45.1 Å². The van der Waals surface area contributed by atoms with Crippen LogP contribution in [0.3, 0.4) is 0 Å². The first-order chi connectivity index (χ1) is 10.6. The Morgan fingerprint density at radius 3 is 3.00 bits per heavy atom. The lowest BCUT2D eigenvalue weighted by atomic mass is 10.2. The van der Waals surface area contributed by atoms with Crippen LogP contribution < -0.4 is 5.32 Å². The average molecular weight is 378 g/mol. The van der Waals surface area contributed by atoms with Gasteiger partial charge in [0.1, 0.15) is 6.54 Å². The van der Waals surface area contributed by atoms with Gasteiger partial charge in [0, 0.05) is 21.1 Å². The molecule has 0 fully saturated rings. The summed E-state index contributed by atoms with van der Waals surface area (Å²) in [5.41, 5.74) is 2.65. The number of tetrazole rings is 1. The molecule has 112 valence electrons. The second-order valence-electron chi connectivity index (χ2n) is 4.66. The number of hydrogen-bond acceptors (Lipinski definition) is 5. The highest BCUT2D eigenvalue weighted by Crippen LogP contribution is 2.20. The predicted octanol–water partition coefficient (Wildman–Crippen LogP) is 3.11. The van der Waals surface area contributed by atoms with Crippen LogP contribution in [0.5, 0.6) is 0 Å². The largest absolute Gasteiger partial charge is 0.324 e. The molecule has 0 atom stereocenters. The monoisotopic (exact) mass is 377 g/mol. The summed E-state index contributed by atoms with van der Waals surface area (Å²) < 4.78 is 0.973. The number of carbonyl (C=O) groups excluding carboxylic acids is 1. The van der Waals surface area contributed by atoms with Crippen LogP contribution in [-0.2, 0) is 11.3 Å². The lowest BCUT2D eigenvalue weighted by Crippen LogP contribution is -2.20. The molecule has 1 N–H and O–H groups in total. The highest BCUT2D eigenvalue weighted by molar-refractivity contribution is 9.10. The van der Waals surface area contributed by atoms with Crippen LogP contribution in [-0.4, -0.2) is 26.1 Å². The van der Waals surface area contributed by atoms with Gasteiger partial charge in [-0.05, 0) is 47.3 Å². The molecule has 3 rings (SSSR count). The van der Waals surface area contributed by atoms with Gasteiger partial charge in [0.15, 0.2) is 0 Å². The number of aryl methyl sites for hydroxylation is 1. The SMILES string of the molecule is Cc1cc(Br)ccc1NC(=O)Cn1nnc(-c2ccsc2)n1. The molecule has 0 saturated heterocycles. The van der Waals surface area contributed by atoms with Crippen LogP contribution >= 0.6 is 27.3 Å². The zero-order valence-corrected chi connectivity index (χ0v) is 14.1. The van der Waals surface area contributed by atoms with Gasteiger partial charge in [-0.1, -0.05) is 15.9 Å². The Hall–Kier alpha value is -2.06. The molecule has 0 bridgehead atoms. The third-order valence-corrected chi connectivity index (χ3v) is 4.16. The van der Waals surface area contributed by atoms with Crippen LogP contribution in [0.4, 0.5) is 5.69 Å². The third-order valence-electron chi connectivity index (χ3n) is 2.98. The molecule has 0 saturated carbocycles. The summed E-state index contributed by atoms with van der Waals surface area (Å²) in [5.74, 6) is 0.327. The first kappa shape index (κ1) is 14.9. The molecule has 22 heavy (non-hydrogen) atoms. The molecule has 3 aromatic rings. The molecule has 0 aliphatic carbocycles. The number of rotatable bonds is 4. The van der Waals surface area contributed by atoms with E-state index in [1.54, 1.807) is 11.3 Å². The topological polar surface area (TPSA) is 72.7 Å². The second kappa shape index (κ2) is 6.37. The van der Waals surface area contributed by atoms with E-state index in [0.717, 1.165) is 21.3 Å². The molecular weight excluding hydrogens is 366 g/mol. The summed E-state index contributed by atoms with van der Waals surface area (Å²) in [6.07, 6.45) is 0. The van der Waals surface area contributed by atoms with Gasteiger partial charge < -0.3 is 5.32 Å². The van der Waals surface area contributed by atoms with Crippen molar-refractivity contribution >= 4 is 38.9 Å². The minimum absolute atomic E-state index is 0.0205. The Bertz CT molecular complexity index is 799. The Balaban J connectivity index is 1.67. The highest BCUT2D eigenvalue weighted by Gasteiger charge is 2.10. The lowest BCUT2D eigenvalue weighted by Gasteiger charge is -2.08. The smallest absolute Gasteiger partial charge is 0.248 e. The van der Waals surface area contributed by atoms with Crippen molar-refractivity contribution in [2.45, 2.75) is 13.5 Å². The van der Waals surface area contributed by atoms with Crippen LogP contribution in [0.25, 0.3) is 11.4 Å². The number of aromatic nitrogens is 4. The first-order valence-corrected chi connectivity index (χ1v) is 8.22. The molecular formula is C14H12BrN5OS. The van der Waals surface area contributed by atoms with E-state index in [0.29, 0.717) is 5.82 Å². The minimum atomic E-state index is -0.195. The molecule has 2 heterocycles. The van der Waals surface area contributed by atoms with Crippen molar-refractivity contribution in [2.24, 2.45) is 0 Å². The van der Waals surface area contributed by atoms with E-state index >= 15 is 0 Å². The molecule has 0 radical (unpaired) electrons. The highest BCUT2D eigenvalue weighted by atomic mass is 79.9. The molecule has 1 amide bonds. The molecule has 6 nitrogen and oxygen atoms in total. The quantitative estimate of drug-likeness (QED) is 0.757. The fourth-order valence-corrected chi connectivity index (χ4v) is 3.01. The van der Waals surface area contributed by atoms with Gasteiger partial charge in [0.25, 0.3) is 0 Å². The van der Waals surface area contributed by atoms with Gasteiger partial charge in [-0.25, -0.2) is 0 Å². The summed E-state index contributed by atoms with van der Waals surface area (Å²) in [4.78, 5) is 13.4. The van der Waals surface area contributed by atoms with Crippen molar-refractivity contribution in [3.8, 4) is 11.4 Å². The second-order valence-corrected chi connectivity index (χ2v) is 6.36. The number of carbonyl (C=O) groups is 1. The number of anilines is 1. The maximum atomic E-state index is 12.1. The molecule has 8 heteroatoms. The van der Waals surface area contributed by atoms with E-state index in [1.807, 2.05) is 41.9 Å². The molecule has 2 aromatic heterocycles. The van der Waals surface area contributed by atoms with Crippen molar-refractivity contribution in [1.82, 2.24) is 20.2 Å². The third kappa shape index (κ3) is 3.40. The number of amides is 1. The fraction of sp³-hybridized carbons (Fsp3) is 0.143. The summed E-state index contributed by atoms with van der Waals surface area (Å²) in [6, 6.07) is 7.59. The first-order valence-electron chi connectivity index (χ1n) is 6.48. The van der Waals surface area contributed by atoms with Crippen LogP contribution in [0.15, 0.2) is 39.5 Å². The lowest BCUT2D eigenvalue weighted by molar-refractivity contribution is -0.117. The Kier molecular flexibility index (Phi) is 4.30. The summed E-state index contributed by atoms with van der Waals surface area (Å²) in [6.45, 7) is 1.95. The van der Waals surface area contributed by atoms with Gasteiger partial charge in [0.05, 0.1) is 0 Å². The van der Waals surface area contributed by atoms with Crippen molar-refractivity contribution < 1.29 is 4.79 Å². The number of nitrogens with zero attached hydrogens (tertiary/aromatic N) is 4. The summed E-state index contributed by atoms with van der Waals surface area (Å²) >= 11 is 4.96. The summed E-state index contributed by atoms with van der Waals surface area (Å²) in [7, 11) is 0. The average Bonchev–Trinajstić information content (AvgIpc) is 3.12. The Morgan fingerprint density at radius 2 is 2.27 bits per heavy atom. The number of halogens is 1. The Morgan fingerprint density at radius 1 is 1.41 bits per heavy atom. The van der Waals surface area contributed by atoms with Crippen LogP contribution in [0.2, 0.25) is 0 Å². The van der Waals surface area contributed by atoms with Gasteiger partial charge in [0.2, 0.25) is 11.7 Å². The maximum Gasteiger partial charge on any atom is 0.248 e. The minimum Gasteiger partial charge on any atom is -0.324 e. The Labute approximate surface area is 139 Å². The zero-order chi connectivity index (χ0) is 15.5.